The van der Waals surface area contributed by atoms with E-state index in [0.29, 0.717) is 16.3 Å². The number of fused-ring (bicyclic) bond motifs is 1. The zero-order valence-electron chi connectivity index (χ0n) is 23.2. The van der Waals surface area contributed by atoms with Crippen LogP contribution < -0.4 is 9.80 Å². The molecule has 0 spiro atoms. The highest BCUT2D eigenvalue weighted by Crippen LogP contribution is 2.48. The number of ether oxygens (including phenoxy) is 1. The molecule has 0 aliphatic carbocycles. The van der Waals surface area contributed by atoms with Gasteiger partial charge in [-0.3, -0.25) is 19.4 Å². The number of nitrogens with zero attached hydrogens (tertiary/aromatic N) is 4. The molecule has 214 valence electrons. The zero-order valence-corrected chi connectivity index (χ0v) is 25.6. The number of anilines is 2. The number of benzene rings is 2. The number of thioether (sulfide) groups is 1. The monoisotopic (exact) mass is 616 g/mol. The summed E-state index contributed by atoms with van der Waals surface area (Å²) in [6, 6.07) is 22.1. The number of esters is 1. The summed E-state index contributed by atoms with van der Waals surface area (Å²) in [6.07, 6.45) is 1.07. The molecule has 6 rings (SSSR count). The normalized spacial score (nSPS) is 18.0. The Kier molecular flexibility index (Phi) is 7.89. The van der Waals surface area contributed by atoms with E-state index in [1.165, 1.54) is 46.3 Å². The topological polar surface area (TPSA) is 83.0 Å². The van der Waals surface area contributed by atoms with Crippen LogP contribution in [0.25, 0.3) is 5.57 Å². The van der Waals surface area contributed by atoms with Gasteiger partial charge in [-0.25, -0.2) is 9.78 Å². The van der Waals surface area contributed by atoms with E-state index in [0.717, 1.165) is 21.1 Å². The molecule has 2 aliphatic rings. The minimum Gasteiger partial charge on any atom is -0.448 e. The van der Waals surface area contributed by atoms with Crippen LogP contribution in [-0.2, 0) is 19.1 Å². The first-order valence-corrected chi connectivity index (χ1v) is 16.0. The Morgan fingerprint density at radius 2 is 1.67 bits per heavy atom. The van der Waals surface area contributed by atoms with Crippen LogP contribution in [0.1, 0.15) is 29.0 Å². The highest BCUT2D eigenvalue weighted by atomic mass is 32.2. The predicted molar refractivity (Wildman–Crippen MR) is 169 cm³/mol. The summed E-state index contributed by atoms with van der Waals surface area (Å²) < 4.78 is 6.28. The number of carbonyl (C=O) groups excluding carboxylic acids is 3. The first-order valence-electron chi connectivity index (χ1n) is 13.3. The number of thiophene rings is 1. The molecule has 0 saturated carbocycles. The summed E-state index contributed by atoms with van der Waals surface area (Å²) in [7, 11) is 3.82. The molecular weight excluding hydrogens is 589 g/mol. The van der Waals surface area contributed by atoms with E-state index in [1.54, 1.807) is 11.1 Å². The van der Waals surface area contributed by atoms with Crippen molar-refractivity contribution in [1.29, 1.82) is 0 Å². The molecule has 1 fully saturated rings. The number of amides is 2. The van der Waals surface area contributed by atoms with Gasteiger partial charge in [-0.2, -0.15) is 0 Å². The van der Waals surface area contributed by atoms with Gasteiger partial charge in [-0.15, -0.1) is 23.1 Å². The van der Waals surface area contributed by atoms with Crippen molar-refractivity contribution in [2.75, 3.05) is 29.6 Å². The minimum absolute atomic E-state index is 0.209. The van der Waals surface area contributed by atoms with Crippen molar-refractivity contribution >= 4 is 67.9 Å². The molecule has 0 radical (unpaired) electrons. The SMILES string of the molecule is CC(=O)N(c1cccs1)C1C(=O)N2C(C(=O)OC(c3ccccc3)c3ccccc3)=C(c3cnc(N(C)C)s3)CSC12. The lowest BCUT2D eigenvalue weighted by atomic mass is 9.99. The molecule has 4 heterocycles. The Balaban J connectivity index is 1.41. The molecule has 8 nitrogen and oxygen atoms in total. The van der Waals surface area contributed by atoms with Gasteiger partial charge in [0.15, 0.2) is 11.2 Å². The second-order valence-corrected chi connectivity index (χ2v) is 13.1. The van der Waals surface area contributed by atoms with Gasteiger partial charge in [0.2, 0.25) is 5.91 Å². The van der Waals surface area contributed by atoms with E-state index in [4.69, 9.17) is 4.74 Å². The highest BCUT2D eigenvalue weighted by molar-refractivity contribution is 8.00. The molecule has 11 heteroatoms. The quantitative estimate of drug-likeness (QED) is 0.187. The van der Waals surface area contributed by atoms with Gasteiger partial charge >= 0.3 is 5.97 Å². The van der Waals surface area contributed by atoms with Gasteiger partial charge in [0.05, 0.1) is 9.88 Å². The Labute approximate surface area is 256 Å². The molecule has 42 heavy (non-hydrogen) atoms. The smallest absolute Gasteiger partial charge is 0.356 e. The molecular formula is C31H28N4O4S3. The van der Waals surface area contributed by atoms with E-state index in [9.17, 15) is 14.4 Å². The Hall–Kier alpha value is -3.93. The third-order valence-corrected chi connectivity index (χ3v) is 10.5. The fourth-order valence-corrected chi connectivity index (χ4v) is 8.33. The second kappa shape index (κ2) is 11.7. The third-order valence-electron chi connectivity index (χ3n) is 7.10. The predicted octanol–water partition coefficient (Wildman–Crippen LogP) is 5.65. The van der Waals surface area contributed by atoms with Gasteiger partial charge < -0.3 is 9.64 Å². The summed E-state index contributed by atoms with van der Waals surface area (Å²) in [5.74, 6) is -0.665. The van der Waals surface area contributed by atoms with Crippen molar-refractivity contribution in [2.45, 2.75) is 24.4 Å². The summed E-state index contributed by atoms with van der Waals surface area (Å²) >= 11 is 4.39. The van der Waals surface area contributed by atoms with Gasteiger partial charge in [-0.1, -0.05) is 72.0 Å². The van der Waals surface area contributed by atoms with E-state index in [2.05, 4.69) is 4.98 Å². The number of hydrogen-bond acceptors (Lipinski definition) is 9. The van der Waals surface area contributed by atoms with Crippen LogP contribution in [0.15, 0.2) is 90.1 Å². The summed E-state index contributed by atoms with van der Waals surface area (Å²) in [6.45, 7) is 1.46. The average molecular weight is 617 g/mol. The summed E-state index contributed by atoms with van der Waals surface area (Å²) in [4.78, 5) is 51.2. The van der Waals surface area contributed by atoms with Crippen molar-refractivity contribution in [3.63, 3.8) is 0 Å². The minimum atomic E-state index is -0.714. The maximum absolute atomic E-state index is 14.3. The average Bonchev–Trinajstić information content (AvgIpc) is 3.71. The van der Waals surface area contributed by atoms with Crippen molar-refractivity contribution in [2.24, 2.45) is 0 Å². The van der Waals surface area contributed by atoms with Crippen LogP contribution >= 0.6 is 34.4 Å². The summed E-state index contributed by atoms with van der Waals surface area (Å²) in [5, 5.41) is 2.94. The second-order valence-electron chi connectivity index (χ2n) is 10.0. The van der Waals surface area contributed by atoms with Gasteiger partial charge in [0.1, 0.15) is 17.1 Å². The molecule has 2 amide bonds. The lowest BCUT2D eigenvalue weighted by Crippen LogP contribution is -2.71. The molecule has 4 aromatic rings. The van der Waals surface area contributed by atoms with Crippen LogP contribution in [-0.4, -0.2) is 58.9 Å². The number of hydrogen-bond donors (Lipinski definition) is 0. The molecule has 2 atom stereocenters. The molecule has 2 aromatic heterocycles. The Bertz CT molecular complexity index is 1600. The zero-order chi connectivity index (χ0) is 29.4. The van der Waals surface area contributed by atoms with Crippen molar-refractivity contribution in [3.05, 3.63) is 106 Å². The van der Waals surface area contributed by atoms with Crippen LogP contribution in [0.4, 0.5) is 10.1 Å². The van der Waals surface area contributed by atoms with Crippen LogP contribution in [0.2, 0.25) is 0 Å². The first kappa shape index (κ1) is 28.2. The van der Waals surface area contributed by atoms with Crippen LogP contribution in [0.5, 0.6) is 0 Å². The van der Waals surface area contributed by atoms with Gasteiger partial charge in [0.25, 0.3) is 5.91 Å². The number of thiazole rings is 1. The third kappa shape index (κ3) is 5.12. The fourth-order valence-electron chi connectivity index (χ4n) is 5.14. The molecule has 2 aliphatic heterocycles. The van der Waals surface area contributed by atoms with Crippen molar-refractivity contribution in [3.8, 4) is 0 Å². The van der Waals surface area contributed by atoms with Gasteiger partial charge in [-0.05, 0) is 28.6 Å². The lowest BCUT2D eigenvalue weighted by Gasteiger charge is -2.52. The fraction of sp³-hybridized carbons (Fsp3) is 0.226. The number of carbonyl (C=O) groups is 3. The molecule has 2 unspecified atom stereocenters. The molecule has 1 saturated heterocycles. The van der Waals surface area contributed by atoms with Crippen LogP contribution in [0, 0.1) is 0 Å². The largest absolute Gasteiger partial charge is 0.448 e. The van der Waals surface area contributed by atoms with Crippen molar-refractivity contribution in [1.82, 2.24) is 9.88 Å². The Morgan fingerprint density at radius 1 is 1.00 bits per heavy atom. The lowest BCUT2D eigenvalue weighted by molar-refractivity contribution is -0.153. The van der Waals surface area contributed by atoms with E-state index in [-0.39, 0.29) is 17.5 Å². The van der Waals surface area contributed by atoms with E-state index < -0.39 is 23.5 Å². The number of aromatic nitrogens is 1. The molecule has 2 aromatic carbocycles. The molecule has 0 bridgehead atoms. The summed E-state index contributed by atoms with van der Waals surface area (Å²) in [5.41, 5.74) is 2.55. The maximum Gasteiger partial charge on any atom is 0.356 e. The van der Waals surface area contributed by atoms with Gasteiger partial charge in [0, 0.05) is 38.5 Å². The number of rotatable bonds is 8. The standard InChI is InChI=1S/C31H28N4O4S3/c1-19(36)34(24-15-10-16-40-24)26-28(37)35-25(22(18-41-29(26)35)23-17-32-31(42-23)33(2)3)30(38)39-27(20-11-6-4-7-12-20)21-13-8-5-9-14-21/h4-17,26-27,29H,18H2,1-3H3. The number of β-lactam (4-membered cyclic amide) rings is 1. The highest BCUT2D eigenvalue weighted by Gasteiger charge is 2.57. The Morgan fingerprint density at radius 3 is 2.21 bits per heavy atom. The maximum atomic E-state index is 14.3. The van der Waals surface area contributed by atoms with E-state index in [1.807, 2.05) is 97.2 Å². The van der Waals surface area contributed by atoms with E-state index >= 15 is 0 Å². The van der Waals surface area contributed by atoms with Crippen LogP contribution in [0.3, 0.4) is 0 Å². The first-order chi connectivity index (χ1) is 20.3. The van der Waals surface area contributed by atoms with Crippen molar-refractivity contribution < 1.29 is 19.1 Å². The molecule has 0 N–H and O–H groups in total.